The van der Waals surface area contributed by atoms with Gasteiger partial charge in [0.25, 0.3) is 0 Å². The molecule has 0 saturated heterocycles. The molecule has 2 aliphatic rings. The van der Waals surface area contributed by atoms with Gasteiger partial charge in [-0.15, -0.1) is 0 Å². The van der Waals surface area contributed by atoms with Crippen molar-refractivity contribution in [2.24, 2.45) is 11.8 Å². The van der Waals surface area contributed by atoms with Crippen LogP contribution in [0.25, 0.3) is 0 Å². The van der Waals surface area contributed by atoms with Crippen molar-refractivity contribution in [3.63, 3.8) is 0 Å². The summed E-state index contributed by atoms with van der Waals surface area (Å²) in [6, 6.07) is 4.37. The number of nitrogens with zero attached hydrogens (tertiary/aromatic N) is 3. The van der Waals surface area contributed by atoms with E-state index in [0.29, 0.717) is 18.0 Å². The molecule has 1 aliphatic heterocycles. The number of carbonyl (C=O) groups excluding carboxylic acids is 1. The highest BCUT2D eigenvalue weighted by Crippen LogP contribution is 2.34. The van der Waals surface area contributed by atoms with Gasteiger partial charge in [0.2, 0.25) is 15.9 Å². The number of hydrogen-bond donors (Lipinski definition) is 1. The predicted octanol–water partition coefficient (Wildman–Crippen LogP) is 2.41. The van der Waals surface area contributed by atoms with E-state index in [9.17, 15) is 18.3 Å². The summed E-state index contributed by atoms with van der Waals surface area (Å²) in [5.41, 5.74) is 0.702. The molecule has 1 fully saturated rings. The Balaban J connectivity index is 1.95. The zero-order valence-corrected chi connectivity index (χ0v) is 23.1. The van der Waals surface area contributed by atoms with E-state index in [4.69, 9.17) is 4.74 Å². The van der Waals surface area contributed by atoms with Crippen LogP contribution < -0.4 is 4.74 Å². The average Bonchev–Trinajstić information content (AvgIpc) is 3.33. The number of ether oxygens (including phenoxy) is 1. The van der Waals surface area contributed by atoms with Crippen molar-refractivity contribution in [3.05, 3.63) is 23.8 Å². The fourth-order valence-electron chi connectivity index (χ4n) is 4.80. The molecule has 9 heteroatoms. The van der Waals surface area contributed by atoms with Crippen LogP contribution in [-0.2, 0) is 14.8 Å². The summed E-state index contributed by atoms with van der Waals surface area (Å²) in [6.07, 6.45) is 5.38. The van der Waals surface area contributed by atoms with Gasteiger partial charge in [-0.1, -0.05) is 31.6 Å². The molecule has 1 aromatic carbocycles. The zero-order valence-electron chi connectivity index (χ0n) is 22.2. The first kappa shape index (κ1) is 28.5. The van der Waals surface area contributed by atoms with Gasteiger partial charge in [0, 0.05) is 37.5 Å². The van der Waals surface area contributed by atoms with Crippen LogP contribution in [0, 0.1) is 23.7 Å². The van der Waals surface area contributed by atoms with Gasteiger partial charge in [-0.3, -0.25) is 4.79 Å². The van der Waals surface area contributed by atoms with Crippen LogP contribution in [0.5, 0.6) is 5.75 Å². The number of benzene rings is 1. The minimum atomic E-state index is -3.91. The highest BCUT2D eigenvalue weighted by atomic mass is 32.2. The first-order valence-corrected chi connectivity index (χ1v) is 14.3. The van der Waals surface area contributed by atoms with Crippen molar-refractivity contribution in [2.45, 2.75) is 63.0 Å². The maximum atomic E-state index is 13.6. The molecule has 8 nitrogen and oxygen atoms in total. The minimum Gasteiger partial charge on any atom is -0.487 e. The Morgan fingerprint density at radius 2 is 1.94 bits per heavy atom. The van der Waals surface area contributed by atoms with E-state index < -0.39 is 22.2 Å². The Bertz CT molecular complexity index is 1070. The lowest BCUT2D eigenvalue weighted by molar-refractivity contribution is -0.132. The Labute approximate surface area is 216 Å². The summed E-state index contributed by atoms with van der Waals surface area (Å²) >= 11 is 0. The SMILES string of the molecule is C[C@H](CO)N1C[C@H](C)[C@H](CN(C)C(=O)CN(C)C)Oc2cc(C#CCC3CCCC3)ccc2S1(=O)=O. The molecule has 1 N–H and O–H groups in total. The van der Waals surface area contributed by atoms with E-state index >= 15 is 0 Å². The third kappa shape index (κ3) is 7.00. The summed E-state index contributed by atoms with van der Waals surface area (Å²) in [4.78, 5) is 16.1. The number of rotatable bonds is 7. The van der Waals surface area contributed by atoms with Crippen LogP contribution in [0.4, 0.5) is 0 Å². The standard InChI is InChI=1S/C27H41N3O5S/c1-20-16-30(21(2)19-31)36(33,34)26-14-13-23(12-8-11-22-9-6-7-10-22)15-24(26)35-25(20)17-29(5)27(32)18-28(3)4/h13-15,20-22,25,31H,6-7,9-11,16-19H2,1-5H3/t20-,21+,25-/m0/s1. The van der Waals surface area contributed by atoms with Gasteiger partial charge in [0.15, 0.2) is 0 Å². The Morgan fingerprint density at radius 3 is 2.58 bits per heavy atom. The summed E-state index contributed by atoms with van der Waals surface area (Å²) in [6.45, 7) is 4.07. The summed E-state index contributed by atoms with van der Waals surface area (Å²) in [7, 11) is 1.50. The molecule has 0 bridgehead atoms. The molecule has 1 aromatic rings. The van der Waals surface area contributed by atoms with Crippen molar-refractivity contribution in [1.29, 1.82) is 0 Å². The third-order valence-electron chi connectivity index (χ3n) is 7.10. The van der Waals surface area contributed by atoms with Crippen LogP contribution in [0.3, 0.4) is 0 Å². The van der Waals surface area contributed by atoms with Gasteiger partial charge in [-0.25, -0.2) is 8.42 Å². The second-order valence-corrected chi connectivity index (χ2v) is 12.4. The van der Waals surface area contributed by atoms with Crippen LogP contribution in [0.15, 0.2) is 23.1 Å². The highest BCUT2D eigenvalue weighted by Gasteiger charge is 2.38. The molecule has 36 heavy (non-hydrogen) atoms. The average molecular weight is 520 g/mol. The van der Waals surface area contributed by atoms with Gasteiger partial charge >= 0.3 is 0 Å². The van der Waals surface area contributed by atoms with Crippen molar-refractivity contribution in [3.8, 4) is 17.6 Å². The molecule has 0 spiro atoms. The number of sulfonamides is 1. The number of hydrogen-bond acceptors (Lipinski definition) is 6. The molecule has 0 aromatic heterocycles. The van der Waals surface area contributed by atoms with Crippen LogP contribution >= 0.6 is 0 Å². The zero-order chi connectivity index (χ0) is 26.5. The number of carbonyl (C=O) groups is 1. The lowest BCUT2D eigenvalue weighted by Gasteiger charge is -2.37. The van der Waals surface area contributed by atoms with E-state index in [2.05, 4.69) is 11.8 Å². The summed E-state index contributed by atoms with van der Waals surface area (Å²) in [5.74, 6) is 7.07. The molecule has 3 atom stereocenters. The molecular formula is C27H41N3O5S. The maximum Gasteiger partial charge on any atom is 0.247 e. The minimum absolute atomic E-state index is 0.0437. The fourth-order valence-corrected chi connectivity index (χ4v) is 6.62. The second kappa shape index (κ2) is 12.4. The first-order valence-electron chi connectivity index (χ1n) is 12.8. The van der Waals surface area contributed by atoms with Crippen molar-refractivity contribution < 1.29 is 23.1 Å². The molecule has 0 radical (unpaired) electrons. The topological polar surface area (TPSA) is 90.4 Å². The molecule has 1 amide bonds. The van der Waals surface area contributed by atoms with Gasteiger partial charge in [-0.05, 0) is 58.0 Å². The largest absolute Gasteiger partial charge is 0.487 e. The third-order valence-corrected chi connectivity index (χ3v) is 9.12. The molecule has 1 heterocycles. The van der Waals surface area contributed by atoms with E-state index in [0.717, 1.165) is 6.42 Å². The van der Waals surface area contributed by atoms with Gasteiger partial charge < -0.3 is 19.6 Å². The Morgan fingerprint density at radius 1 is 1.25 bits per heavy atom. The second-order valence-electron chi connectivity index (χ2n) is 10.6. The van der Waals surface area contributed by atoms with E-state index in [1.807, 2.05) is 25.9 Å². The molecule has 1 aliphatic carbocycles. The van der Waals surface area contributed by atoms with Gasteiger partial charge in [0.05, 0.1) is 19.7 Å². The fraction of sp³-hybridized carbons (Fsp3) is 0.667. The number of likely N-dealkylation sites (N-methyl/N-ethyl adjacent to an activating group) is 2. The molecular weight excluding hydrogens is 478 g/mol. The highest BCUT2D eigenvalue weighted by molar-refractivity contribution is 7.89. The number of amides is 1. The lowest BCUT2D eigenvalue weighted by Crippen LogP contribution is -2.50. The van der Waals surface area contributed by atoms with Gasteiger partial charge in [0.1, 0.15) is 16.7 Å². The summed E-state index contributed by atoms with van der Waals surface area (Å²) in [5, 5.41) is 9.80. The van der Waals surface area contributed by atoms with Crippen molar-refractivity contribution in [1.82, 2.24) is 14.1 Å². The van der Waals surface area contributed by atoms with E-state index in [-0.39, 0.29) is 42.2 Å². The number of fused-ring (bicyclic) bond motifs is 1. The molecule has 0 unspecified atom stereocenters. The Hall–Kier alpha value is -2.12. The smallest absolute Gasteiger partial charge is 0.247 e. The van der Waals surface area contributed by atoms with Gasteiger partial charge in [-0.2, -0.15) is 4.31 Å². The van der Waals surface area contributed by atoms with Crippen LogP contribution in [0.1, 0.15) is 51.5 Å². The van der Waals surface area contributed by atoms with Crippen LogP contribution in [-0.4, -0.2) is 93.1 Å². The summed E-state index contributed by atoms with van der Waals surface area (Å²) < 4.78 is 34.9. The quantitative estimate of drug-likeness (QED) is 0.557. The van der Waals surface area contributed by atoms with Crippen LogP contribution in [0.2, 0.25) is 0 Å². The Kier molecular flexibility index (Phi) is 9.81. The lowest BCUT2D eigenvalue weighted by atomic mass is 10.0. The number of aliphatic hydroxyl groups is 1. The number of aliphatic hydroxyl groups excluding tert-OH is 1. The molecule has 200 valence electrons. The van der Waals surface area contributed by atoms with E-state index in [1.54, 1.807) is 37.1 Å². The predicted molar refractivity (Wildman–Crippen MR) is 140 cm³/mol. The maximum absolute atomic E-state index is 13.6. The normalized spacial score (nSPS) is 23.1. The van der Waals surface area contributed by atoms with E-state index in [1.165, 1.54) is 30.0 Å². The first-order chi connectivity index (χ1) is 17.0. The van der Waals surface area contributed by atoms with Crippen molar-refractivity contribution >= 4 is 15.9 Å². The monoisotopic (exact) mass is 519 g/mol. The van der Waals surface area contributed by atoms with Crippen molar-refractivity contribution in [2.75, 3.05) is 47.4 Å². The molecule has 3 rings (SSSR count). The molecule has 1 saturated carbocycles.